The fourth-order valence-corrected chi connectivity index (χ4v) is 3.03. The molecule has 0 aromatic rings. The van der Waals surface area contributed by atoms with E-state index in [9.17, 15) is 14.4 Å². The van der Waals surface area contributed by atoms with E-state index in [-0.39, 0.29) is 17.7 Å². The summed E-state index contributed by atoms with van der Waals surface area (Å²) in [4.78, 5) is 39.3. The van der Waals surface area contributed by atoms with E-state index in [1.165, 1.54) is 0 Å². The maximum atomic E-state index is 13.1. The SMILES string of the molecule is CC(C)CCNC(=O)[C@@H]1CCCN1C(=O)[C@@H](NC(=O)OC(C)(C)C)C(C)C. The van der Waals surface area contributed by atoms with Crippen LogP contribution < -0.4 is 10.6 Å². The first kappa shape index (κ1) is 23.2. The smallest absolute Gasteiger partial charge is 0.408 e. The van der Waals surface area contributed by atoms with Crippen molar-refractivity contribution < 1.29 is 19.1 Å². The first-order valence-electron chi connectivity index (χ1n) is 10.00. The van der Waals surface area contributed by atoms with Crippen molar-refractivity contribution in [3.8, 4) is 0 Å². The summed E-state index contributed by atoms with van der Waals surface area (Å²) in [5, 5.41) is 5.62. The molecule has 0 aromatic heterocycles. The van der Waals surface area contributed by atoms with Crippen LogP contribution in [0.15, 0.2) is 0 Å². The molecule has 3 amide bonds. The molecule has 7 heteroatoms. The summed E-state index contributed by atoms with van der Waals surface area (Å²) in [6.07, 6.45) is 1.72. The second-order valence-electron chi connectivity index (χ2n) is 9.03. The zero-order chi connectivity index (χ0) is 20.8. The van der Waals surface area contributed by atoms with Crippen molar-refractivity contribution >= 4 is 17.9 Å². The lowest BCUT2D eigenvalue weighted by molar-refractivity contribution is -0.140. The van der Waals surface area contributed by atoms with Gasteiger partial charge in [-0.2, -0.15) is 0 Å². The molecule has 0 aromatic carbocycles. The Hall–Kier alpha value is -1.79. The highest BCUT2D eigenvalue weighted by atomic mass is 16.6. The zero-order valence-corrected chi connectivity index (χ0v) is 17.9. The molecule has 1 heterocycles. The normalized spacial score (nSPS) is 18.6. The van der Waals surface area contributed by atoms with Gasteiger partial charge in [-0.1, -0.05) is 27.7 Å². The molecule has 1 rings (SSSR count). The third kappa shape index (κ3) is 7.77. The Morgan fingerprint density at radius 3 is 2.30 bits per heavy atom. The number of alkyl carbamates (subject to hydrolysis) is 1. The third-order valence-corrected chi connectivity index (χ3v) is 4.46. The molecule has 0 bridgehead atoms. The number of hydrogen-bond acceptors (Lipinski definition) is 4. The second-order valence-corrected chi connectivity index (χ2v) is 9.03. The third-order valence-electron chi connectivity index (χ3n) is 4.46. The molecule has 1 fully saturated rings. The van der Waals surface area contributed by atoms with Crippen molar-refractivity contribution in [2.45, 2.75) is 85.4 Å². The fourth-order valence-electron chi connectivity index (χ4n) is 3.03. The van der Waals surface area contributed by atoms with E-state index in [2.05, 4.69) is 24.5 Å². The van der Waals surface area contributed by atoms with Gasteiger partial charge >= 0.3 is 6.09 Å². The van der Waals surface area contributed by atoms with E-state index in [0.29, 0.717) is 25.4 Å². The van der Waals surface area contributed by atoms with E-state index in [0.717, 1.165) is 12.8 Å². The molecule has 7 nitrogen and oxygen atoms in total. The van der Waals surface area contributed by atoms with Gasteiger partial charge in [0.15, 0.2) is 0 Å². The van der Waals surface area contributed by atoms with Gasteiger partial charge in [-0.25, -0.2) is 4.79 Å². The average molecular weight is 384 g/mol. The van der Waals surface area contributed by atoms with Crippen LogP contribution in [0.4, 0.5) is 4.79 Å². The van der Waals surface area contributed by atoms with Crippen LogP contribution in [0, 0.1) is 11.8 Å². The van der Waals surface area contributed by atoms with Gasteiger partial charge < -0.3 is 20.3 Å². The van der Waals surface area contributed by atoms with E-state index in [1.807, 2.05) is 13.8 Å². The number of nitrogens with one attached hydrogen (secondary N) is 2. The molecule has 2 atom stereocenters. The summed E-state index contributed by atoms with van der Waals surface area (Å²) in [5.41, 5.74) is -0.638. The number of hydrogen-bond donors (Lipinski definition) is 2. The fraction of sp³-hybridized carbons (Fsp3) is 0.850. The predicted octanol–water partition coefficient (Wildman–Crippen LogP) is 2.69. The summed E-state index contributed by atoms with van der Waals surface area (Å²) in [5.74, 6) is 0.0591. The van der Waals surface area contributed by atoms with Crippen molar-refractivity contribution in [1.29, 1.82) is 0 Å². The molecule has 0 aliphatic carbocycles. The Morgan fingerprint density at radius 2 is 1.78 bits per heavy atom. The standard InChI is InChI=1S/C20H37N3O4/c1-13(2)10-11-21-17(24)15-9-8-12-23(15)18(25)16(14(3)4)22-19(26)27-20(5,6)7/h13-16H,8-12H2,1-7H3,(H,21,24)(H,22,26)/t15-,16-/m0/s1. The van der Waals surface area contributed by atoms with Crippen LogP contribution in [0.3, 0.4) is 0 Å². The molecular weight excluding hydrogens is 346 g/mol. The van der Waals surface area contributed by atoms with Crippen molar-refractivity contribution in [3.63, 3.8) is 0 Å². The van der Waals surface area contributed by atoms with Gasteiger partial charge in [0, 0.05) is 13.1 Å². The van der Waals surface area contributed by atoms with Gasteiger partial charge in [-0.05, 0) is 51.9 Å². The average Bonchev–Trinajstić information content (AvgIpc) is 2.99. The lowest BCUT2D eigenvalue weighted by Gasteiger charge is -2.31. The largest absolute Gasteiger partial charge is 0.444 e. The van der Waals surface area contributed by atoms with Gasteiger partial charge in [0.05, 0.1) is 0 Å². The van der Waals surface area contributed by atoms with Gasteiger partial charge in [-0.15, -0.1) is 0 Å². The highest BCUT2D eigenvalue weighted by Crippen LogP contribution is 2.21. The highest BCUT2D eigenvalue weighted by Gasteiger charge is 2.39. The molecule has 1 aliphatic rings. The van der Waals surface area contributed by atoms with Crippen molar-refractivity contribution in [2.75, 3.05) is 13.1 Å². The number of nitrogens with zero attached hydrogens (tertiary/aromatic N) is 1. The molecule has 0 spiro atoms. The molecule has 1 saturated heterocycles. The van der Waals surface area contributed by atoms with E-state index in [1.54, 1.807) is 25.7 Å². The van der Waals surface area contributed by atoms with Crippen LogP contribution >= 0.6 is 0 Å². The Balaban J connectivity index is 2.76. The number of likely N-dealkylation sites (tertiary alicyclic amines) is 1. The molecule has 0 saturated carbocycles. The van der Waals surface area contributed by atoms with Crippen LogP contribution in [0.2, 0.25) is 0 Å². The summed E-state index contributed by atoms with van der Waals surface area (Å²) in [6.45, 7) is 14.4. The first-order valence-corrected chi connectivity index (χ1v) is 10.00. The molecule has 0 unspecified atom stereocenters. The number of carbonyl (C=O) groups is 3. The minimum absolute atomic E-state index is 0.110. The van der Waals surface area contributed by atoms with Gasteiger partial charge in [0.25, 0.3) is 0 Å². The first-order chi connectivity index (χ1) is 12.4. The number of amides is 3. The van der Waals surface area contributed by atoms with Gasteiger partial charge in [0.2, 0.25) is 11.8 Å². The minimum atomic E-state index is -0.719. The number of carbonyl (C=O) groups excluding carboxylic acids is 3. The van der Waals surface area contributed by atoms with Crippen LogP contribution in [-0.2, 0) is 14.3 Å². The van der Waals surface area contributed by atoms with Gasteiger partial charge in [0.1, 0.15) is 17.7 Å². The summed E-state index contributed by atoms with van der Waals surface area (Å²) >= 11 is 0. The maximum absolute atomic E-state index is 13.1. The minimum Gasteiger partial charge on any atom is -0.444 e. The number of rotatable bonds is 7. The van der Waals surface area contributed by atoms with Crippen LogP contribution in [0.1, 0.15) is 67.7 Å². The molecule has 2 N–H and O–H groups in total. The molecule has 0 radical (unpaired) electrons. The Labute approximate surface area is 163 Å². The van der Waals surface area contributed by atoms with E-state index >= 15 is 0 Å². The maximum Gasteiger partial charge on any atom is 0.408 e. The van der Waals surface area contributed by atoms with Crippen molar-refractivity contribution in [1.82, 2.24) is 15.5 Å². The summed E-state index contributed by atoms with van der Waals surface area (Å²) < 4.78 is 5.28. The van der Waals surface area contributed by atoms with Crippen molar-refractivity contribution in [3.05, 3.63) is 0 Å². The predicted molar refractivity (Wildman–Crippen MR) is 105 cm³/mol. The highest BCUT2D eigenvalue weighted by molar-refractivity contribution is 5.92. The monoisotopic (exact) mass is 383 g/mol. The van der Waals surface area contributed by atoms with Gasteiger partial charge in [-0.3, -0.25) is 9.59 Å². The lowest BCUT2D eigenvalue weighted by atomic mass is 10.0. The molecule has 27 heavy (non-hydrogen) atoms. The zero-order valence-electron chi connectivity index (χ0n) is 17.9. The van der Waals surface area contributed by atoms with Crippen LogP contribution in [0.5, 0.6) is 0 Å². The Kier molecular flexibility index (Phi) is 8.57. The van der Waals surface area contributed by atoms with Crippen LogP contribution in [-0.4, -0.2) is 53.6 Å². The van der Waals surface area contributed by atoms with E-state index < -0.39 is 23.8 Å². The topological polar surface area (TPSA) is 87.7 Å². The molecule has 1 aliphatic heterocycles. The molecular formula is C20H37N3O4. The Bertz CT molecular complexity index is 526. The van der Waals surface area contributed by atoms with Crippen molar-refractivity contribution in [2.24, 2.45) is 11.8 Å². The number of ether oxygens (including phenoxy) is 1. The van der Waals surface area contributed by atoms with E-state index in [4.69, 9.17) is 4.74 Å². The molecule has 156 valence electrons. The summed E-state index contributed by atoms with van der Waals surface area (Å²) in [7, 11) is 0. The lowest BCUT2D eigenvalue weighted by Crippen LogP contribution is -2.55. The Morgan fingerprint density at radius 1 is 1.15 bits per heavy atom. The second kappa shape index (κ2) is 9.95. The summed E-state index contributed by atoms with van der Waals surface area (Å²) in [6, 6.07) is -1.18. The van der Waals surface area contributed by atoms with Crippen LogP contribution in [0.25, 0.3) is 0 Å². The quantitative estimate of drug-likeness (QED) is 0.707.